The molecule has 1 fully saturated rings. The molecule has 0 saturated carbocycles. The van der Waals surface area contributed by atoms with Crippen molar-refractivity contribution in [3.63, 3.8) is 0 Å². The van der Waals surface area contributed by atoms with Crippen molar-refractivity contribution in [2.45, 2.75) is 19.9 Å². The Hall–Kier alpha value is -1.94. The van der Waals surface area contributed by atoms with Crippen molar-refractivity contribution in [1.29, 1.82) is 0 Å². The summed E-state index contributed by atoms with van der Waals surface area (Å²) in [5, 5.41) is 18.9. The first-order valence-corrected chi connectivity index (χ1v) is 9.58. The first-order chi connectivity index (χ1) is 12.6. The van der Waals surface area contributed by atoms with Gasteiger partial charge in [0.05, 0.1) is 0 Å². The number of hydrogen-bond donors (Lipinski definition) is 2. The van der Waals surface area contributed by atoms with E-state index in [0.29, 0.717) is 0 Å². The number of piperazine rings is 1. The number of aliphatic hydroxyl groups is 1. The summed E-state index contributed by atoms with van der Waals surface area (Å²) in [5.41, 5.74) is 1.13. The number of nitrogens with one attached hydrogen (secondary N) is 1. The maximum Gasteiger partial charge on any atom is 0.0500 e. The molecule has 1 atom stereocenters. The van der Waals surface area contributed by atoms with Gasteiger partial charge in [-0.15, -0.1) is 0 Å². The molecule has 3 aromatic rings. The Morgan fingerprint density at radius 2 is 1.50 bits per heavy atom. The molecule has 3 aromatic carbocycles. The molecule has 1 heterocycles. The zero-order valence-corrected chi connectivity index (χ0v) is 15.7. The lowest BCUT2D eigenvalue weighted by atomic mass is 9.76. The van der Waals surface area contributed by atoms with E-state index in [4.69, 9.17) is 0 Å². The van der Waals surface area contributed by atoms with Gasteiger partial charge in [-0.1, -0.05) is 62.4 Å². The lowest BCUT2D eigenvalue weighted by Crippen LogP contribution is -2.49. The molecule has 0 radical (unpaired) electrons. The van der Waals surface area contributed by atoms with Gasteiger partial charge in [-0.3, -0.25) is 4.90 Å². The summed E-state index contributed by atoms with van der Waals surface area (Å²) in [4.78, 5) is 2.56. The van der Waals surface area contributed by atoms with Crippen molar-refractivity contribution in [1.82, 2.24) is 10.2 Å². The lowest BCUT2D eigenvalue weighted by molar-refractivity contribution is 0.0320. The molecule has 0 amide bonds. The topological polar surface area (TPSA) is 35.5 Å². The summed E-state index contributed by atoms with van der Waals surface area (Å²) < 4.78 is 0. The predicted molar refractivity (Wildman–Crippen MR) is 110 cm³/mol. The zero-order valence-electron chi connectivity index (χ0n) is 15.7. The SMILES string of the molecule is CC(C)(CO)[C@H](c1c2ccccc2cc2ccccc12)N1CCNCC1. The number of benzene rings is 3. The number of hydrogen-bond acceptors (Lipinski definition) is 3. The van der Waals surface area contributed by atoms with Crippen molar-refractivity contribution < 1.29 is 5.11 Å². The molecule has 2 N–H and O–H groups in total. The predicted octanol–water partition coefficient (Wildman–Crippen LogP) is 3.96. The van der Waals surface area contributed by atoms with Crippen molar-refractivity contribution >= 4 is 21.5 Å². The third kappa shape index (κ3) is 3.01. The van der Waals surface area contributed by atoms with Crippen LogP contribution >= 0.6 is 0 Å². The van der Waals surface area contributed by atoms with E-state index >= 15 is 0 Å². The molecule has 0 aliphatic carbocycles. The Balaban J connectivity index is 2.03. The van der Waals surface area contributed by atoms with Gasteiger partial charge in [0.2, 0.25) is 0 Å². The van der Waals surface area contributed by atoms with E-state index in [9.17, 15) is 5.11 Å². The fourth-order valence-electron chi connectivity index (χ4n) is 4.44. The summed E-state index contributed by atoms with van der Waals surface area (Å²) in [5.74, 6) is 0. The number of rotatable bonds is 4. The van der Waals surface area contributed by atoms with Gasteiger partial charge in [0, 0.05) is 44.2 Å². The lowest BCUT2D eigenvalue weighted by Gasteiger charge is -2.44. The second kappa shape index (κ2) is 6.99. The Labute approximate surface area is 155 Å². The largest absolute Gasteiger partial charge is 0.396 e. The first kappa shape index (κ1) is 17.5. The highest BCUT2D eigenvalue weighted by molar-refractivity contribution is 6.02. The minimum Gasteiger partial charge on any atom is -0.396 e. The second-order valence-corrected chi connectivity index (χ2v) is 8.07. The van der Waals surface area contributed by atoms with E-state index in [2.05, 4.69) is 78.7 Å². The van der Waals surface area contributed by atoms with Gasteiger partial charge in [-0.05, 0) is 33.2 Å². The third-order valence-corrected chi connectivity index (χ3v) is 5.75. The molecule has 0 bridgehead atoms. The average molecular weight is 348 g/mol. The standard InChI is InChI=1S/C23H28N2O/c1-23(2,16-26)22(25-13-11-24-12-14-25)21-19-9-5-3-7-17(19)15-18-8-4-6-10-20(18)21/h3-10,15,22,24,26H,11-14,16H2,1-2H3/t22-/m0/s1. The molecule has 0 unspecified atom stereocenters. The third-order valence-electron chi connectivity index (χ3n) is 5.75. The average Bonchev–Trinajstić information content (AvgIpc) is 2.68. The van der Waals surface area contributed by atoms with Crippen LogP contribution in [0.25, 0.3) is 21.5 Å². The summed E-state index contributed by atoms with van der Waals surface area (Å²) in [6.07, 6.45) is 0. The molecule has 136 valence electrons. The maximum absolute atomic E-state index is 10.3. The van der Waals surface area contributed by atoms with Crippen LogP contribution in [0.4, 0.5) is 0 Å². The molecule has 1 aliphatic heterocycles. The number of aliphatic hydroxyl groups excluding tert-OH is 1. The van der Waals surface area contributed by atoms with Gasteiger partial charge in [0.25, 0.3) is 0 Å². The molecule has 3 nitrogen and oxygen atoms in total. The minimum atomic E-state index is -0.232. The molecule has 1 aliphatic rings. The van der Waals surface area contributed by atoms with Crippen LogP contribution in [0.2, 0.25) is 0 Å². The summed E-state index contributed by atoms with van der Waals surface area (Å²) in [7, 11) is 0. The van der Waals surface area contributed by atoms with Crippen LogP contribution < -0.4 is 5.32 Å². The Kier molecular flexibility index (Phi) is 4.70. The zero-order chi connectivity index (χ0) is 18.1. The van der Waals surface area contributed by atoms with Crippen molar-refractivity contribution in [2.24, 2.45) is 5.41 Å². The quantitative estimate of drug-likeness (QED) is 0.701. The van der Waals surface area contributed by atoms with Crippen LogP contribution in [0.1, 0.15) is 25.5 Å². The molecule has 26 heavy (non-hydrogen) atoms. The Bertz CT molecular complexity index is 858. The number of fused-ring (bicyclic) bond motifs is 2. The van der Waals surface area contributed by atoms with Crippen LogP contribution in [-0.4, -0.2) is 42.8 Å². The van der Waals surface area contributed by atoms with E-state index < -0.39 is 0 Å². The first-order valence-electron chi connectivity index (χ1n) is 9.58. The van der Waals surface area contributed by atoms with Crippen LogP contribution in [0, 0.1) is 5.41 Å². The van der Waals surface area contributed by atoms with Crippen LogP contribution in [-0.2, 0) is 0 Å². The highest BCUT2D eigenvalue weighted by atomic mass is 16.3. The van der Waals surface area contributed by atoms with Crippen molar-refractivity contribution in [3.8, 4) is 0 Å². The van der Waals surface area contributed by atoms with Crippen LogP contribution in [0.15, 0.2) is 54.6 Å². The molecule has 0 spiro atoms. The van der Waals surface area contributed by atoms with E-state index in [1.165, 1.54) is 27.1 Å². The minimum absolute atomic E-state index is 0.166. The van der Waals surface area contributed by atoms with Gasteiger partial charge < -0.3 is 10.4 Å². The normalized spacial score (nSPS) is 17.7. The van der Waals surface area contributed by atoms with Gasteiger partial charge >= 0.3 is 0 Å². The smallest absolute Gasteiger partial charge is 0.0500 e. The summed E-state index contributed by atoms with van der Waals surface area (Å²) in [6.45, 7) is 8.56. The number of nitrogens with zero attached hydrogens (tertiary/aromatic N) is 1. The van der Waals surface area contributed by atoms with Gasteiger partial charge in [0.1, 0.15) is 0 Å². The van der Waals surface area contributed by atoms with Crippen molar-refractivity contribution in [3.05, 3.63) is 60.2 Å². The Morgan fingerprint density at radius 1 is 0.962 bits per heavy atom. The molecule has 1 saturated heterocycles. The molecular formula is C23H28N2O. The summed E-state index contributed by atoms with van der Waals surface area (Å²) in [6, 6.07) is 19.8. The fraction of sp³-hybridized carbons (Fsp3) is 0.391. The highest BCUT2D eigenvalue weighted by Gasteiger charge is 2.37. The van der Waals surface area contributed by atoms with Gasteiger partial charge in [-0.25, -0.2) is 0 Å². The second-order valence-electron chi connectivity index (χ2n) is 8.07. The van der Waals surface area contributed by atoms with E-state index in [1.807, 2.05) is 0 Å². The molecular weight excluding hydrogens is 320 g/mol. The van der Waals surface area contributed by atoms with E-state index in [0.717, 1.165) is 26.2 Å². The van der Waals surface area contributed by atoms with Crippen LogP contribution in [0.5, 0.6) is 0 Å². The maximum atomic E-state index is 10.3. The van der Waals surface area contributed by atoms with E-state index in [1.54, 1.807) is 0 Å². The highest BCUT2D eigenvalue weighted by Crippen LogP contribution is 2.44. The van der Waals surface area contributed by atoms with E-state index in [-0.39, 0.29) is 18.1 Å². The summed E-state index contributed by atoms with van der Waals surface area (Å²) >= 11 is 0. The van der Waals surface area contributed by atoms with Gasteiger partial charge in [-0.2, -0.15) is 0 Å². The fourth-order valence-corrected chi connectivity index (χ4v) is 4.44. The molecule has 0 aromatic heterocycles. The molecule has 4 rings (SSSR count). The Morgan fingerprint density at radius 3 is 2.04 bits per heavy atom. The van der Waals surface area contributed by atoms with Crippen molar-refractivity contribution in [2.75, 3.05) is 32.8 Å². The van der Waals surface area contributed by atoms with Gasteiger partial charge in [0.15, 0.2) is 0 Å². The van der Waals surface area contributed by atoms with Crippen LogP contribution in [0.3, 0.4) is 0 Å². The molecule has 3 heteroatoms. The monoisotopic (exact) mass is 348 g/mol.